The Labute approximate surface area is 480 Å². The van der Waals surface area contributed by atoms with Gasteiger partial charge in [0.1, 0.15) is 36.3 Å². The smallest absolute Gasteiger partial charge is 0.329 e. The first kappa shape index (κ1) is 63.9. The quantitative estimate of drug-likeness (QED) is 0.0245. The van der Waals surface area contributed by atoms with Crippen molar-refractivity contribution in [3.8, 4) is 17.2 Å². The van der Waals surface area contributed by atoms with Gasteiger partial charge in [-0.2, -0.15) is 0 Å². The number of Topliss-reactive ketones (excluding diaryl/α,β-unsaturated/α-hetero) is 3. The molecule has 3 aromatic rings. The molecule has 3 heterocycles. The van der Waals surface area contributed by atoms with Gasteiger partial charge >= 0.3 is 5.97 Å². The number of allylic oxidation sites excluding steroid dienone is 1. The zero-order valence-corrected chi connectivity index (χ0v) is 48.1. The van der Waals surface area contributed by atoms with E-state index in [9.17, 15) is 43.2 Å². The van der Waals surface area contributed by atoms with Gasteiger partial charge in [-0.3, -0.25) is 43.3 Å². The second kappa shape index (κ2) is 31.8. The molecule has 444 valence electrons. The molecule has 3 aliphatic heterocycles. The first-order valence-electron chi connectivity index (χ1n) is 28.5. The fourth-order valence-electron chi connectivity index (χ4n) is 9.74. The second-order valence-electron chi connectivity index (χ2n) is 21.3. The van der Waals surface area contributed by atoms with Gasteiger partial charge in [0.2, 0.25) is 17.6 Å². The minimum absolute atomic E-state index is 0.0170. The lowest BCUT2D eigenvalue weighted by Gasteiger charge is -2.36. The molecule has 0 spiro atoms. The van der Waals surface area contributed by atoms with E-state index in [1.54, 1.807) is 58.4 Å². The van der Waals surface area contributed by atoms with E-state index in [0.29, 0.717) is 145 Å². The van der Waals surface area contributed by atoms with Gasteiger partial charge in [0, 0.05) is 62.2 Å². The molecule has 2 saturated heterocycles. The predicted octanol–water partition coefficient (Wildman–Crippen LogP) is 8.02. The molecular formula is C62H80N4O16. The Kier molecular flexibility index (Phi) is 24.8. The summed E-state index contributed by atoms with van der Waals surface area (Å²) in [5.41, 5.74) is 1.96. The van der Waals surface area contributed by atoms with E-state index in [2.05, 4.69) is 17.2 Å². The summed E-state index contributed by atoms with van der Waals surface area (Å²) in [7, 11) is 3.12. The Bertz CT molecular complexity index is 2760. The number of fused-ring (bicyclic) bond motifs is 1. The van der Waals surface area contributed by atoms with Crippen LogP contribution in [0.25, 0.3) is 0 Å². The zero-order valence-electron chi connectivity index (χ0n) is 48.1. The maximum atomic E-state index is 14.0. The monoisotopic (exact) mass is 1140 g/mol. The summed E-state index contributed by atoms with van der Waals surface area (Å²) >= 11 is 0. The van der Waals surface area contributed by atoms with Crippen molar-refractivity contribution in [1.82, 2.24) is 15.1 Å². The molecule has 0 bridgehead atoms. The first-order valence-corrected chi connectivity index (χ1v) is 28.5. The van der Waals surface area contributed by atoms with Gasteiger partial charge in [-0.1, -0.05) is 51.6 Å². The van der Waals surface area contributed by atoms with Crippen molar-refractivity contribution in [1.29, 1.82) is 0 Å². The maximum absolute atomic E-state index is 14.0. The topological polar surface area (TPSA) is 249 Å². The molecule has 20 heteroatoms. The summed E-state index contributed by atoms with van der Waals surface area (Å²) in [5, 5.41) is 5.46. The molecule has 20 nitrogen and oxygen atoms in total. The lowest BCUT2D eigenvalue weighted by molar-refractivity contribution is -0.164. The highest BCUT2D eigenvalue weighted by molar-refractivity contribution is 6.38. The van der Waals surface area contributed by atoms with Gasteiger partial charge < -0.3 is 48.7 Å². The van der Waals surface area contributed by atoms with Crippen LogP contribution in [0.2, 0.25) is 0 Å². The van der Waals surface area contributed by atoms with Gasteiger partial charge in [0.25, 0.3) is 17.7 Å². The van der Waals surface area contributed by atoms with E-state index in [1.807, 2.05) is 25.1 Å². The zero-order chi connectivity index (χ0) is 59.2. The van der Waals surface area contributed by atoms with Crippen LogP contribution in [0.1, 0.15) is 155 Å². The summed E-state index contributed by atoms with van der Waals surface area (Å²) in [6.07, 6.45) is 6.31. The average Bonchev–Trinajstić information content (AvgIpc) is 3.53. The molecule has 5 amide bonds. The molecule has 0 radical (unpaired) electrons. The lowest BCUT2D eigenvalue weighted by Crippen LogP contribution is -2.53. The number of likely N-dealkylation sites (tertiary alicyclic amines) is 1. The van der Waals surface area contributed by atoms with Gasteiger partial charge in [-0.25, -0.2) is 4.79 Å². The molecule has 2 fully saturated rings. The van der Waals surface area contributed by atoms with Crippen molar-refractivity contribution in [2.75, 3.05) is 72.3 Å². The standard InChI is InChI=1S/C62H80N4O16/c1-7-62(3,4)56(70)60(74)65-32-11-8-18-49(65)61(75)82-50(29-21-42-22-30-51(76-5)53(39-42)77-6)43-23-25-44(26-24-43)64-54(69)31-27-45(67)15-9-12-33-78-35-37-80-38-36-79-34-13-10-16-46(68)40-81-52-19-14-17-47-55(52)59(73)66(58(47)72)48-28-20-41(2)63-57(48)71/h14,17,19,22-26,30,39,48-50H,2,7-13,15-16,18,20-21,27-29,31-38,40H2,1,3-6H3,(H,63,71)(H,64,69)/t48?,49?,50-/m1/s1. The number of ketones is 3. The molecule has 2 N–H and O–H groups in total. The van der Waals surface area contributed by atoms with Crippen LogP contribution in [0, 0.1) is 5.41 Å². The predicted molar refractivity (Wildman–Crippen MR) is 302 cm³/mol. The molecule has 3 aliphatic rings. The third-order valence-electron chi connectivity index (χ3n) is 15.0. The maximum Gasteiger partial charge on any atom is 0.329 e. The number of carbonyl (C=O) groups excluding carboxylic acids is 9. The summed E-state index contributed by atoms with van der Waals surface area (Å²) in [4.78, 5) is 120. The molecular weight excluding hydrogens is 1060 g/mol. The fraction of sp³-hybridized carbons (Fsp3) is 0.532. The SMILES string of the molecule is C=C1CCC(N2C(=O)c3cccc(OCC(=O)CCCCOCCOCCOCCCCC(=O)CCC(=O)Nc4ccc([C@@H](CCc5ccc(OC)c(OC)c5)OC(=O)C5CCCCN5C(=O)C(=O)C(C)(C)CC)cc4)c3C2=O)C(=O)N1. The van der Waals surface area contributed by atoms with Crippen molar-refractivity contribution in [3.05, 3.63) is 95.2 Å². The number of aryl methyl sites for hydroxylation is 1. The van der Waals surface area contributed by atoms with Crippen LogP contribution in [0.4, 0.5) is 5.69 Å². The van der Waals surface area contributed by atoms with Crippen LogP contribution in [0.5, 0.6) is 17.2 Å². The number of hydrogen-bond acceptors (Lipinski definition) is 16. The number of nitrogens with zero attached hydrogens (tertiary/aromatic N) is 2. The van der Waals surface area contributed by atoms with Gasteiger partial charge in [0.05, 0.1) is 51.8 Å². The molecule has 3 atom stereocenters. The van der Waals surface area contributed by atoms with E-state index >= 15 is 0 Å². The Morgan fingerprint density at radius 3 is 2.07 bits per heavy atom. The summed E-state index contributed by atoms with van der Waals surface area (Å²) < 4.78 is 39.7. The molecule has 0 saturated carbocycles. The second-order valence-corrected chi connectivity index (χ2v) is 21.3. The fourth-order valence-corrected chi connectivity index (χ4v) is 9.74. The molecule has 3 aromatic carbocycles. The highest BCUT2D eigenvalue weighted by Gasteiger charge is 2.46. The number of anilines is 1. The normalized spacial score (nSPS) is 16.5. The van der Waals surface area contributed by atoms with E-state index in [4.69, 9.17) is 33.2 Å². The van der Waals surface area contributed by atoms with Crippen LogP contribution in [-0.4, -0.2) is 142 Å². The third kappa shape index (κ3) is 18.1. The molecule has 0 aliphatic carbocycles. The van der Waals surface area contributed by atoms with Gasteiger partial charge in [0.15, 0.2) is 17.3 Å². The number of hydrogen-bond donors (Lipinski definition) is 2. The summed E-state index contributed by atoms with van der Waals surface area (Å²) in [6.45, 7) is 11.5. The molecule has 0 aromatic heterocycles. The number of ether oxygens (including phenoxy) is 7. The Morgan fingerprint density at radius 1 is 0.744 bits per heavy atom. The van der Waals surface area contributed by atoms with Crippen molar-refractivity contribution < 1.29 is 76.3 Å². The Hall–Kier alpha value is -7.29. The molecule has 2 unspecified atom stereocenters. The van der Waals surface area contributed by atoms with Crippen molar-refractivity contribution in [3.63, 3.8) is 0 Å². The third-order valence-corrected chi connectivity index (χ3v) is 15.0. The highest BCUT2D eigenvalue weighted by atomic mass is 16.6. The Morgan fingerprint density at radius 2 is 1.41 bits per heavy atom. The number of rotatable bonds is 35. The van der Waals surface area contributed by atoms with Crippen LogP contribution in [0.15, 0.2) is 72.9 Å². The lowest BCUT2D eigenvalue weighted by atomic mass is 9.84. The van der Waals surface area contributed by atoms with Crippen molar-refractivity contribution >= 4 is 58.5 Å². The van der Waals surface area contributed by atoms with E-state index in [0.717, 1.165) is 10.5 Å². The van der Waals surface area contributed by atoms with E-state index in [1.165, 1.54) is 17.0 Å². The van der Waals surface area contributed by atoms with E-state index in [-0.39, 0.29) is 73.2 Å². The minimum atomic E-state index is -0.946. The average molecular weight is 1140 g/mol. The highest BCUT2D eigenvalue weighted by Crippen LogP contribution is 2.35. The van der Waals surface area contributed by atoms with Gasteiger partial charge in [-0.05, 0) is 125 Å². The number of methoxy groups -OCH3 is 2. The summed E-state index contributed by atoms with van der Waals surface area (Å²) in [5.74, 6) is -2.68. The number of imide groups is 1. The van der Waals surface area contributed by atoms with Crippen molar-refractivity contribution in [2.24, 2.45) is 5.41 Å². The first-order chi connectivity index (χ1) is 39.5. The van der Waals surface area contributed by atoms with Gasteiger partial charge in [-0.15, -0.1) is 0 Å². The number of unbranched alkanes of at least 4 members (excludes halogenated alkanes) is 2. The summed E-state index contributed by atoms with van der Waals surface area (Å²) in [6, 6.07) is 15.3. The van der Waals surface area contributed by atoms with Crippen LogP contribution in [0.3, 0.4) is 0 Å². The number of benzene rings is 3. The minimum Gasteiger partial charge on any atom is -0.493 e. The number of amides is 5. The number of nitrogens with one attached hydrogen (secondary N) is 2. The molecule has 82 heavy (non-hydrogen) atoms. The number of carbonyl (C=O) groups is 9. The largest absolute Gasteiger partial charge is 0.493 e. The van der Waals surface area contributed by atoms with E-state index < -0.39 is 59.0 Å². The van der Waals surface area contributed by atoms with Crippen LogP contribution < -0.4 is 24.8 Å². The Balaban J connectivity index is 0.810. The van der Waals surface area contributed by atoms with Crippen LogP contribution in [-0.2, 0) is 58.9 Å². The van der Waals surface area contributed by atoms with Crippen molar-refractivity contribution in [2.45, 2.75) is 142 Å². The van der Waals surface area contributed by atoms with Crippen LogP contribution >= 0.6 is 0 Å². The number of esters is 1. The molecule has 6 rings (SSSR count). The number of piperidine rings is 2.